The van der Waals surface area contributed by atoms with Gasteiger partial charge in [-0.15, -0.1) is 0 Å². The van der Waals surface area contributed by atoms with Crippen LogP contribution in [-0.2, 0) is 11.0 Å². The van der Waals surface area contributed by atoms with Crippen LogP contribution >= 0.6 is 23.4 Å². The third kappa shape index (κ3) is 5.23. The molecule has 0 aliphatic carbocycles. The fourth-order valence-electron chi connectivity index (χ4n) is 1.88. The number of nitrogens with zero attached hydrogens (tertiary/aromatic N) is 1. The first-order valence-electron chi connectivity index (χ1n) is 7.10. The molecule has 2 rings (SSSR count). The monoisotopic (exact) mass is 391 g/mol. The van der Waals surface area contributed by atoms with Gasteiger partial charge in [0.1, 0.15) is 0 Å². The molecule has 0 saturated carbocycles. The summed E-state index contributed by atoms with van der Waals surface area (Å²) in [5.41, 5.74) is -1.41. The minimum absolute atomic E-state index is 0.00699. The molecule has 1 unspecified atom stereocenters. The van der Waals surface area contributed by atoms with E-state index in [0.29, 0.717) is 6.42 Å². The highest BCUT2D eigenvalue weighted by molar-refractivity contribution is 8.00. The lowest BCUT2D eigenvalue weighted by atomic mass is 10.2. The lowest BCUT2D eigenvalue weighted by Crippen LogP contribution is -2.25. The molecule has 2 aromatic rings. The van der Waals surface area contributed by atoms with Crippen LogP contribution in [-0.4, -0.2) is 21.1 Å². The third-order valence-corrected chi connectivity index (χ3v) is 4.71. The second-order valence-corrected chi connectivity index (χ2v) is 6.53. The summed E-state index contributed by atoms with van der Waals surface area (Å²) in [4.78, 5) is 30.0. The molecule has 0 spiro atoms. The standard InChI is InChI=1S/C15H13ClF3N3O2S/c1-2-11(25-14-20-6-5-12(23)22-14)13(24)21-10-7-8(15(17,18)19)3-4-9(10)16/h3-7,11H,2H2,1H3,(H,21,24)(H,20,22,23). The zero-order valence-electron chi connectivity index (χ0n) is 12.9. The number of alkyl halides is 3. The zero-order valence-corrected chi connectivity index (χ0v) is 14.4. The lowest BCUT2D eigenvalue weighted by molar-refractivity contribution is -0.137. The van der Waals surface area contributed by atoms with Gasteiger partial charge in [-0.05, 0) is 24.6 Å². The van der Waals surface area contributed by atoms with Crippen LogP contribution in [0.15, 0.2) is 40.4 Å². The van der Waals surface area contributed by atoms with Gasteiger partial charge in [0.2, 0.25) is 5.91 Å². The molecule has 0 aliphatic rings. The third-order valence-electron chi connectivity index (χ3n) is 3.12. The number of aromatic amines is 1. The Morgan fingerprint density at radius 2 is 2.12 bits per heavy atom. The van der Waals surface area contributed by atoms with Crippen molar-refractivity contribution in [2.75, 3.05) is 5.32 Å². The molecule has 25 heavy (non-hydrogen) atoms. The smallest absolute Gasteiger partial charge is 0.324 e. The summed E-state index contributed by atoms with van der Waals surface area (Å²) in [5.74, 6) is -0.541. The fourth-order valence-corrected chi connectivity index (χ4v) is 2.93. The molecule has 0 radical (unpaired) electrons. The van der Waals surface area contributed by atoms with Crippen LogP contribution in [0.25, 0.3) is 0 Å². The number of benzene rings is 1. The largest absolute Gasteiger partial charge is 0.416 e. The van der Waals surface area contributed by atoms with Crippen LogP contribution in [0.5, 0.6) is 0 Å². The van der Waals surface area contributed by atoms with E-state index < -0.39 is 22.9 Å². The van der Waals surface area contributed by atoms with Crippen molar-refractivity contribution >= 4 is 35.0 Å². The quantitative estimate of drug-likeness (QED) is 0.597. The number of rotatable bonds is 5. The number of aromatic nitrogens is 2. The van der Waals surface area contributed by atoms with E-state index in [2.05, 4.69) is 15.3 Å². The number of carbonyl (C=O) groups excluding carboxylic acids is 1. The van der Waals surface area contributed by atoms with Crippen molar-refractivity contribution in [3.05, 3.63) is 51.4 Å². The molecular formula is C15H13ClF3N3O2S. The molecule has 10 heteroatoms. The molecule has 1 aromatic heterocycles. The Morgan fingerprint density at radius 1 is 1.40 bits per heavy atom. The van der Waals surface area contributed by atoms with Gasteiger partial charge in [0.15, 0.2) is 5.16 Å². The van der Waals surface area contributed by atoms with Gasteiger partial charge in [0.25, 0.3) is 5.56 Å². The summed E-state index contributed by atoms with van der Waals surface area (Å²) in [6, 6.07) is 3.92. The topological polar surface area (TPSA) is 74.8 Å². The van der Waals surface area contributed by atoms with Crippen molar-refractivity contribution in [2.24, 2.45) is 0 Å². The van der Waals surface area contributed by atoms with Gasteiger partial charge >= 0.3 is 6.18 Å². The predicted octanol–water partition coefficient (Wildman–Crippen LogP) is 3.95. The van der Waals surface area contributed by atoms with Crippen molar-refractivity contribution < 1.29 is 18.0 Å². The number of hydrogen-bond donors (Lipinski definition) is 2. The van der Waals surface area contributed by atoms with Crippen molar-refractivity contribution in [3.8, 4) is 0 Å². The summed E-state index contributed by atoms with van der Waals surface area (Å²) < 4.78 is 38.4. The molecular weight excluding hydrogens is 379 g/mol. The van der Waals surface area contributed by atoms with Crippen molar-refractivity contribution in [3.63, 3.8) is 0 Å². The molecule has 1 atom stereocenters. The van der Waals surface area contributed by atoms with Crippen LogP contribution in [0.2, 0.25) is 5.02 Å². The average molecular weight is 392 g/mol. The lowest BCUT2D eigenvalue weighted by Gasteiger charge is -2.16. The molecule has 134 valence electrons. The van der Waals surface area contributed by atoms with E-state index in [1.807, 2.05) is 0 Å². The minimum Gasteiger partial charge on any atom is -0.324 e. The second-order valence-electron chi connectivity index (χ2n) is 4.94. The van der Waals surface area contributed by atoms with Gasteiger partial charge in [-0.2, -0.15) is 13.2 Å². The first-order valence-corrected chi connectivity index (χ1v) is 8.36. The van der Waals surface area contributed by atoms with Gasteiger partial charge in [0.05, 0.1) is 21.5 Å². The first kappa shape index (κ1) is 19.3. The number of thioether (sulfide) groups is 1. The van der Waals surface area contributed by atoms with Crippen molar-refractivity contribution in [1.29, 1.82) is 0 Å². The molecule has 0 saturated heterocycles. The van der Waals surface area contributed by atoms with Crippen LogP contribution in [0.1, 0.15) is 18.9 Å². The molecule has 2 N–H and O–H groups in total. The van der Waals surface area contributed by atoms with Crippen LogP contribution < -0.4 is 10.9 Å². The number of nitrogens with one attached hydrogen (secondary N) is 2. The number of carbonyl (C=O) groups is 1. The zero-order chi connectivity index (χ0) is 18.6. The summed E-state index contributed by atoms with van der Waals surface area (Å²) in [6.45, 7) is 1.73. The Balaban J connectivity index is 2.18. The number of anilines is 1. The number of halogens is 4. The van der Waals surface area contributed by atoms with Gasteiger partial charge in [-0.1, -0.05) is 30.3 Å². The number of H-pyrrole nitrogens is 1. The Bertz CT molecular complexity index is 826. The minimum atomic E-state index is -4.55. The SMILES string of the molecule is CCC(Sc1nccc(=O)[nH]1)C(=O)Nc1cc(C(F)(F)F)ccc1Cl. The summed E-state index contributed by atoms with van der Waals surface area (Å²) >= 11 is 6.87. The van der Waals surface area contributed by atoms with Crippen molar-refractivity contribution in [1.82, 2.24) is 9.97 Å². The van der Waals surface area contributed by atoms with E-state index in [1.165, 1.54) is 12.3 Å². The summed E-state index contributed by atoms with van der Waals surface area (Å²) in [5, 5.41) is 1.96. The Morgan fingerprint density at radius 3 is 2.72 bits per heavy atom. The normalized spacial score (nSPS) is 12.7. The van der Waals surface area contributed by atoms with Gasteiger partial charge < -0.3 is 10.3 Å². The second kappa shape index (κ2) is 7.92. The first-order chi connectivity index (χ1) is 11.7. The predicted molar refractivity (Wildman–Crippen MR) is 89.9 cm³/mol. The average Bonchev–Trinajstić information content (AvgIpc) is 2.53. The van der Waals surface area contributed by atoms with Crippen LogP contribution in [0.4, 0.5) is 18.9 Å². The van der Waals surface area contributed by atoms with Crippen LogP contribution in [0, 0.1) is 0 Å². The molecule has 5 nitrogen and oxygen atoms in total. The Hall–Kier alpha value is -2.00. The van der Waals surface area contributed by atoms with E-state index in [1.54, 1.807) is 6.92 Å². The Labute approximate surface area is 150 Å². The van der Waals surface area contributed by atoms with Crippen LogP contribution in [0.3, 0.4) is 0 Å². The summed E-state index contributed by atoms with van der Waals surface area (Å²) in [6.07, 6.45) is -2.88. The molecule has 1 amide bonds. The molecule has 1 aromatic carbocycles. The number of amides is 1. The van der Waals surface area contributed by atoms with E-state index in [-0.39, 0.29) is 21.4 Å². The number of hydrogen-bond acceptors (Lipinski definition) is 4. The molecule has 0 bridgehead atoms. The van der Waals surface area contributed by atoms with Gasteiger partial charge in [0, 0.05) is 12.3 Å². The van der Waals surface area contributed by atoms with E-state index in [4.69, 9.17) is 11.6 Å². The maximum atomic E-state index is 12.8. The highest BCUT2D eigenvalue weighted by atomic mass is 35.5. The highest BCUT2D eigenvalue weighted by Crippen LogP contribution is 2.34. The molecule has 1 heterocycles. The Kier molecular flexibility index (Phi) is 6.12. The summed E-state index contributed by atoms with van der Waals surface area (Å²) in [7, 11) is 0. The maximum absolute atomic E-state index is 12.8. The van der Waals surface area contributed by atoms with E-state index in [0.717, 1.165) is 30.0 Å². The maximum Gasteiger partial charge on any atom is 0.416 e. The fraction of sp³-hybridized carbons (Fsp3) is 0.267. The highest BCUT2D eigenvalue weighted by Gasteiger charge is 2.31. The van der Waals surface area contributed by atoms with E-state index >= 15 is 0 Å². The van der Waals surface area contributed by atoms with Crippen molar-refractivity contribution in [2.45, 2.75) is 29.9 Å². The molecule has 0 aliphatic heterocycles. The molecule has 0 fully saturated rings. The van der Waals surface area contributed by atoms with Gasteiger partial charge in [-0.3, -0.25) is 9.59 Å². The van der Waals surface area contributed by atoms with E-state index in [9.17, 15) is 22.8 Å². The van der Waals surface area contributed by atoms with Gasteiger partial charge in [-0.25, -0.2) is 4.98 Å².